The van der Waals surface area contributed by atoms with Crippen LogP contribution in [0.25, 0.3) is 11.4 Å². The van der Waals surface area contributed by atoms with Crippen LogP contribution >= 0.6 is 0 Å². The first kappa shape index (κ1) is 17.5. The Bertz CT molecular complexity index is 927. The van der Waals surface area contributed by atoms with Crippen molar-refractivity contribution in [2.24, 2.45) is 5.73 Å². The molecule has 1 amide bonds. The van der Waals surface area contributed by atoms with Crippen molar-refractivity contribution in [1.82, 2.24) is 20.2 Å². The number of Topliss-reactive ketones (excluding diaryl/α,β-unsaturated/α-hetero) is 1. The number of hydrogen-bond donors (Lipinski definition) is 1. The molecule has 0 fully saturated rings. The number of aromatic nitrogens is 4. The highest BCUT2D eigenvalue weighted by molar-refractivity contribution is 5.95. The van der Waals surface area contributed by atoms with Gasteiger partial charge in [0.2, 0.25) is 11.7 Å². The summed E-state index contributed by atoms with van der Waals surface area (Å²) in [5, 5.41) is 12.1. The lowest BCUT2D eigenvalue weighted by Gasteiger charge is -2.06. The van der Waals surface area contributed by atoms with Crippen molar-refractivity contribution in [3.63, 3.8) is 0 Å². The SMILES string of the molecule is CC(C)c1ccc(C(=O)Cn2nnc(-c3ccc(C(N)=O)cc3)n2)cc1. The van der Waals surface area contributed by atoms with E-state index in [0.29, 0.717) is 28.4 Å². The van der Waals surface area contributed by atoms with Crippen molar-refractivity contribution >= 4 is 11.7 Å². The van der Waals surface area contributed by atoms with Crippen LogP contribution in [-0.2, 0) is 6.54 Å². The third-order valence-corrected chi connectivity index (χ3v) is 4.06. The second-order valence-electron chi connectivity index (χ2n) is 6.28. The number of nitrogens with two attached hydrogens (primary N) is 1. The number of amides is 1. The van der Waals surface area contributed by atoms with E-state index in [4.69, 9.17) is 5.73 Å². The topological polar surface area (TPSA) is 104 Å². The minimum atomic E-state index is -0.498. The van der Waals surface area contributed by atoms with Gasteiger partial charge in [-0.15, -0.1) is 10.2 Å². The van der Waals surface area contributed by atoms with Gasteiger partial charge in [0.15, 0.2) is 5.78 Å². The standard InChI is InChI=1S/C19H19N5O2/c1-12(2)13-3-5-14(6-4-13)17(25)11-24-22-19(21-23-24)16-9-7-15(8-10-16)18(20)26/h3-10,12H,11H2,1-2H3,(H2,20,26). The molecule has 2 N–H and O–H groups in total. The summed E-state index contributed by atoms with van der Waals surface area (Å²) in [5.74, 6) is 0.208. The van der Waals surface area contributed by atoms with E-state index in [0.717, 1.165) is 0 Å². The molecule has 3 aromatic rings. The van der Waals surface area contributed by atoms with Crippen molar-refractivity contribution in [1.29, 1.82) is 0 Å². The number of hydrogen-bond acceptors (Lipinski definition) is 5. The average Bonchev–Trinajstić information content (AvgIpc) is 3.10. The minimum absolute atomic E-state index is 0.00734. The van der Waals surface area contributed by atoms with E-state index in [1.54, 1.807) is 24.3 Å². The monoisotopic (exact) mass is 349 g/mol. The fraction of sp³-hybridized carbons (Fsp3) is 0.211. The summed E-state index contributed by atoms with van der Waals surface area (Å²) in [5.41, 5.74) is 8.10. The molecule has 1 heterocycles. The molecule has 7 nitrogen and oxygen atoms in total. The van der Waals surface area contributed by atoms with Gasteiger partial charge in [-0.1, -0.05) is 50.2 Å². The van der Waals surface area contributed by atoms with Crippen molar-refractivity contribution in [3.8, 4) is 11.4 Å². The molecule has 0 aliphatic heterocycles. The first-order valence-electron chi connectivity index (χ1n) is 8.25. The number of carbonyl (C=O) groups excluding carboxylic acids is 2. The number of ketones is 1. The summed E-state index contributed by atoms with van der Waals surface area (Å²) in [4.78, 5) is 24.7. The first-order chi connectivity index (χ1) is 12.4. The molecule has 0 aliphatic carbocycles. The van der Waals surface area contributed by atoms with Crippen LogP contribution in [0.15, 0.2) is 48.5 Å². The Morgan fingerprint density at radius 3 is 2.19 bits per heavy atom. The maximum Gasteiger partial charge on any atom is 0.248 e. The Morgan fingerprint density at radius 1 is 1.00 bits per heavy atom. The van der Waals surface area contributed by atoms with Gasteiger partial charge in [0.05, 0.1) is 0 Å². The zero-order chi connectivity index (χ0) is 18.7. The van der Waals surface area contributed by atoms with Crippen LogP contribution < -0.4 is 5.73 Å². The lowest BCUT2D eigenvalue weighted by atomic mass is 10.0. The Kier molecular flexibility index (Phi) is 4.88. The fourth-order valence-electron chi connectivity index (χ4n) is 2.48. The molecule has 7 heteroatoms. The third kappa shape index (κ3) is 3.83. The zero-order valence-electron chi connectivity index (χ0n) is 14.6. The van der Waals surface area contributed by atoms with E-state index in [1.807, 2.05) is 24.3 Å². The van der Waals surface area contributed by atoms with E-state index in [1.165, 1.54) is 10.4 Å². The van der Waals surface area contributed by atoms with Crippen LogP contribution in [0.5, 0.6) is 0 Å². The van der Waals surface area contributed by atoms with Gasteiger partial charge in [0.25, 0.3) is 0 Å². The Labute approximate surface area is 150 Å². The van der Waals surface area contributed by atoms with E-state index in [9.17, 15) is 9.59 Å². The van der Waals surface area contributed by atoms with Crippen molar-refractivity contribution in [2.45, 2.75) is 26.3 Å². The molecule has 3 rings (SSSR count). The van der Waals surface area contributed by atoms with Crippen LogP contribution in [-0.4, -0.2) is 31.9 Å². The summed E-state index contributed by atoms with van der Waals surface area (Å²) >= 11 is 0. The van der Waals surface area contributed by atoms with E-state index < -0.39 is 5.91 Å². The molecule has 0 spiro atoms. The highest BCUT2D eigenvalue weighted by atomic mass is 16.1. The van der Waals surface area contributed by atoms with Crippen molar-refractivity contribution in [3.05, 3.63) is 65.2 Å². The quantitative estimate of drug-likeness (QED) is 0.688. The van der Waals surface area contributed by atoms with Gasteiger partial charge in [-0.05, 0) is 28.8 Å². The molecule has 0 unspecified atom stereocenters. The number of carbonyl (C=O) groups is 2. The lowest BCUT2D eigenvalue weighted by molar-refractivity contribution is 0.0959. The Balaban J connectivity index is 1.71. The summed E-state index contributed by atoms with van der Waals surface area (Å²) < 4.78 is 0. The molecule has 2 aromatic carbocycles. The van der Waals surface area contributed by atoms with E-state index in [-0.39, 0.29) is 12.3 Å². The zero-order valence-corrected chi connectivity index (χ0v) is 14.6. The smallest absolute Gasteiger partial charge is 0.248 e. The number of primary amides is 1. The fourth-order valence-corrected chi connectivity index (χ4v) is 2.48. The summed E-state index contributed by atoms with van der Waals surface area (Å²) in [6.45, 7) is 4.22. The number of benzene rings is 2. The van der Waals surface area contributed by atoms with Crippen LogP contribution in [0.2, 0.25) is 0 Å². The molecule has 0 bridgehead atoms. The van der Waals surface area contributed by atoms with Gasteiger partial charge in [-0.2, -0.15) is 4.80 Å². The van der Waals surface area contributed by atoms with Crippen LogP contribution in [0.4, 0.5) is 0 Å². The molecular formula is C19H19N5O2. The normalized spacial score (nSPS) is 10.9. The van der Waals surface area contributed by atoms with Crippen LogP contribution in [0.1, 0.15) is 46.0 Å². The van der Waals surface area contributed by atoms with Crippen molar-refractivity contribution < 1.29 is 9.59 Å². The molecule has 0 saturated heterocycles. The highest BCUT2D eigenvalue weighted by Crippen LogP contribution is 2.16. The third-order valence-electron chi connectivity index (χ3n) is 4.06. The van der Waals surface area contributed by atoms with Crippen LogP contribution in [0.3, 0.4) is 0 Å². The number of tetrazole rings is 1. The number of rotatable bonds is 6. The minimum Gasteiger partial charge on any atom is -0.366 e. The largest absolute Gasteiger partial charge is 0.366 e. The molecule has 1 aromatic heterocycles. The molecule has 26 heavy (non-hydrogen) atoms. The van der Waals surface area contributed by atoms with E-state index >= 15 is 0 Å². The van der Waals surface area contributed by atoms with Gasteiger partial charge in [0, 0.05) is 16.7 Å². The second-order valence-corrected chi connectivity index (χ2v) is 6.28. The molecule has 0 aliphatic rings. The Hall–Kier alpha value is -3.35. The molecular weight excluding hydrogens is 330 g/mol. The maximum atomic E-state index is 12.4. The van der Waals surface area contributed by atoms with Gasteiger partial charge in [-0.3, -0.25) is 9.59 Å². The average molecular weight is 349 g/mol. The Morgan fingerprint density at radius 2 is 1.62 bits per heavy atom. The number of nitrogens with zero attached hydrogens (tertiary/aromatic N) is 4. The highest BCUT2D eigenvalue weighted by Gasteiger charge is 2.12. The first-order valence-corrected chi connectivity index (χ1v) is 8.25. The lowest BCUT2D eigenvalue weighted by Crippen LogP contribution is -2.13. The van der Waals surface area contributed by atoms with Crippen LogP contribution in [0, 0.1) is 0 Å². The maximum absolute atomic E-state index is 12.4. The second kappa shape index (κ2) is 7.26. The van der Waals surface area contributed by atoms with Crippen molar-refractivity contribution in [2.75, 3.05) is 0 Å². The van der Waals surface area contributed by atoms with Gasteiger partial charge in [-0.25, -0.2) is 0 Å². The molecule has 0 saturated carbocycles. The summed E-state index contributed by atoms with van der Waals surface area (Å²) in [6.07, 6.45) is 0. The predicted molar refractivity (Wildman–Crippen MR) is 96.6 cm³/mol. The van der Waals surface area contributed by atoms with Gasteiger partial charge < -0.3 is 5.73 Å². The van der Waals surface area contributed by atoms with Gasteiger partial charge in [0.1, 0.15) is 6.54 Å². The molecule has 0 atom stereocenters. The summed E-state index contributed by atoms with van der Waals surface area (Å²) in [6, 6.07) is 14.1. The summed E-state index contributed by atoms with van der Waals surface area (Å²) in [7, 11) is 0. The van der Waals surface area contributed by atoms with Gasteiger partial charge >= 0.3 is 0 Å². The molecule has 0 radical (unpaired) electrons. The predicted octanol–water partition coefficient (Wildman–Crippen LogP) is 2.45. The van der Waals surface area contributed by atoms with E-state index in [2.05, 4.69) is 29.3 Å². The molecule has 132 valence electrons.